The number of hydrogen-bond donors (Lipinski definition) is 1. The molecule has 1 aliphatic heterocycles. The summed E-state index contributed by atoms with van der Waals surface area (Å²) in [6.45, 7) is 6.89. The first-order valence-corrected chi connectivity index (χ1v) is 5.29. The van der Waals surface area contributed by atoms with E-state index >= 15 is 0 Å². The highest BCUT2D eigenvalue weighted by Crippen LogP contribution is 2.15. The first kappa shape index (κ1) is 11.9. The summed E-state index contributed by atoms with van der Waals surface area (Å²) < 4.78 is 10.6. The van der Waals surface area contributed by atoms with Gasteiger partial charge in [0.25, 0.3) is 0 Å². The summed E-state index contributed by atoms with van der Waals surface area (Å²) in [5, 5.41) is 0. The van der Waals surface area contributed by atoms with E-state index in [1.807, 2.05) is 6.92 Å². The molecule has 4 nitrogen and oxygen atoms in total. The number of nitrogens with two attached hydrogens (primary N) is 1. The lowest BCUT2D eigenvalue weighted by molar-refractivity contribution is 0.109. The summed E-state index contributed by atoms with van der Waals surface area (Å²) in [5.41, 5.74) is 6.02. The summed E-state index contributed by atoms with van der Waals surface area (Å²) >= 11 is 0. The third kappa shape index (κ3) is 3.92. The number of rotatable bonds is 6. The van der Waals surface area contributed by atoms with Crippen molar-refractivity contribution in [3.8, 4) is 0 Å². The second kappa shape index (κ2) is 5.66. The average molecular weight is 202 g/mol. The zero-order valence-corrected chi connectivity index (χ0v) is 9.29. The maximum atomic E-state index is 6.16. The highest BCUT2D eigenvalue weighted by molar-refractivity contribution is 4.90. The Hall–Kier alpha value is -0.160. The molecule has 84 valence electrons. The van der Waals surface area contributed by atoms with E-state index in [2.05, 4.69) is 11.9 Å². The van der Waals surface area contributed by atoms with Crippen molar-refractivity contribution in [3.05, 3.63) is 0 Å². The van der Waals surface area contributed by atoms with Crippen LogP contribution in [0.3, 0.4) is 0 Å². The Kier molecular flexibility index (Phi) is 4.81. The third-order valence-electron chi connectivity index (χ3n) is 2.54. The summed E-state index contributed by atoms with van der Waals surface area (Å²) in [4.78, 5) is 2.21. The van der Waals surface area contributed by atoms with Gasteiger partial charge in [-0.3, -0.25) is 0 Å². The predicted octanol–water partition coefficient (Wildman–Crippen LogP) is 0.0725. The highest BCUT2D eigenvalue weighted by Gasteiger charge is 2.31. The van der Waals surface area contributed by atoms with E-state index in [9.17, 15) is 0 Å². The fourth-order valence-electron chi connectivity index (χ4n) is 1.73. The largest absolute Gasteiger partial charge is 0.380 e. The fourth-order valence-corrected chi connectivity index (χ4v) is 1.73. The van der Waals surface area contributed by atoms with Crippen molar-refractivity contribution in [3.63, 3.8) is 0 Å². The summed E-state index contributed by atoms with van der Waals surface area (Å²) in [6.07, 6.45) is 0.964. The standard InChI is InChI=1S/C10H22N2O2/c1-3-13-7-5-12(2)8-10(11)4-6-14-9-10/h3-9,11H2,1-2H3. The van der Waals surface area contributed by atoms with Crippen LogP contribution < -0.4 is 5.73 Å². The van der Waals surface area contributed by atoms with E-state index in [-0.39, 0.29) is 5.54 Å². The molecule has 1 fully saturated rings. The van der Waals surface area contributed by atoms with Gasteiger partial charge >= 0.3 is 0 Å². The lowest BCUT2D eigenvalue weighted by atomic mass is 10.00. The van der Waals surface area contributed by atoms with Crippen molar-refractivity contribution in [2.75, 3.05) is 46.6 Å². The Morgan fingerprint density at radius 2 is 2.36 bits per heavy atom. The highest BCUT2D eigenvalue weighted by atomic mass is 16.5. The quantitative estimate of drug-likeness (QED) is 0.619. The molecule has 1 atom stereocenters. The van der Waals surface area contributed by atoms with E-state index in [1.165, 1.54) is 0 Å². The van der Waals surface area contributed by atoms with E-state index in [0.29, 0.717) is 6.61 Å². The normalized spacial score (nSPS) is 27.4. The summed E-state index contributed by atoms with van der Waals surface area (Å²) in [7, 11) is 2.08. The van der Waals surface area contributed by atoms with Gasteiger partial charge in [-0.1, -0.05) is 0 Å². The third-order valence-corrected chi connectivity index (χ3v) is 2.54. The molecule has 1 saturated heterocycles. The van der Waals surface area contributed by atoms with E-state index in [0.717, 1.165) is 39.3 Å². The predicted molar refractivity (Wildman–Crippen MR) is 56.3 cm³/mol. The number of ether oxygens (including phenoxy) is 2. The Balaban J connectivity index is 2.15. The summed E-state index contributed by atoms with van der Waals surface area (Å²) in [5.74, 6) is 0. The Morgan fingerprint density at radius 3 is 2.93 bits per heavy atom. The average Bonchev–Trinajstić information content (AvgIpc) is 2.52. The second-order valence-electron chi connectivity index (χ2n) is 4.10. The van der Waals surface area contributed by atoms with Gasteiger partial charge in [-0.05, 0) is 20.4 Å². The van der Waals surface area contributed by atoms with Crippen LogP contribution in [0.1, 0.15) is 13.3 Å². The maximum Gasteiger partial charge on any atom is 0.0659 e. The minimum atomic E-state index is -0.138. The van der Waals surface area contributed by atoms with Crippen LogP contribution in [0.5, 0.6) is 0 Å². The molecule has 0 aromatic carbocycles. The Bertz CT molecular complexity index is 158. The monoisotopic (exact) mass is 202 g/mol. The van der Waals surface area contributed by atoms with Gasteiger partial charge < -0.3 is 20.1 Å². The minimum absolute atomic E-state index is 0.138. The van der Waals surface area contributed by atoms with Gasteiger partial charge in [0.05, 0.1) is 18.8 Å². The van der Waals surface area contributed by atoms with Crippen LogP contribution >= 0.6 is 0 Å². The van der Waals surface area contributed by atoms with Gasteiger partial charge in [0.1, 0.15) is 0 Å². The lowest BCUT2D eigenvalue weighted by Gasteiger charge is -2.28. The first-order valence-electron chi connectivity index (χ1n) is 5.29. The number of nitrogens with zero attached hydrogens (tertiary/aromatic N) is 1. The molecular weight excluding hydrogens is 180 g/mol. The van der Waals surface area contributed by atoms with Gasteiger partial charge in [0, 0.05) is 26.3 Å². The second-order valence-corrected chi connectivity index (χ2v) is 4.10. The number of likely N-dealkylation sites (N-methyl/N-ethyl adjacent to an activating group) is 1. The minimum Gasteiger partial charge on any atom is -0.380 e. The lowest BCUT2D eigenvalue weighted by Crippen LogP contribution is -2.50. The molecular formula is C10H22N2O2. The molecule has 1 aliphatic rings. The van der Waals surface area contributed by atoms with Gasteiger partial charge in [-0.25, -0.2) is 0 Å². The van der Waals surface area contributed by atoms with Crippen LogP contribution in [0.2, 0.25) is 0 Å². The molecule has 0 aromatic heterocycles. The molecule has 0 aromatic rings. The molecule has 0 saturated carbocycles. The van der Waals surface area contributed by atoms with E-state index in [4.69, 9.17) is 15.2 Å². The topological polar surface area (TPSA) is 47.7 Å². The molecule has 2 N–H and O–H groups in total. The molecule has 14 heavy (non-hydrogen) atoms. The Morgan fingerprint density at radius 1 is 1.57 bits per heavy atom. The van der Waals surface area contributed by atoms with Gasteiger partial charge in [0.15, 0.2) is 0 Å². The van der Waals surface area contributed by atoms with Crippen molar-refractivity contribution >= 4 is 0 Å². The van der Waals surface area contributed by atoms with Crippen molar-refractivity contribution < 1.29 is 9.47 Å². The van der Waals surface area contributed by atoms with Gasteiger partial charge in [-0.2, -0.15) is 0 Å². The molecule has 1 unspecified atom stereocenters. The SMILES string of the molecule is CCOCCN(C)CC1(N)CCOC1. The van der Waals surface area contributed by atoms with E-state index < -0.39 is 0 Å². The molecule has 0 radical (unpaired) electrons. The van der Waals surface area contributed by atoms with Crippen LogP contribution in [0.25, 0.3) is 0 Å². The molecule has 0 aliphatic carbocycles. The molecule has 0 spiro atoms. The molecule has 1 rings (SSSR count). The summed E-state index contributed by atoms with van der Waals surface area (Å²) in [6, 6.07) is 0. The molecule has 1 heterocycles. The molecule has 0 bridgehead atoms. The van der Waals surface area contributed by atoms with Crippen molar-refractivity contribution in [2.45, 2.75) is 18.9 Å². The van der Waals surface area contributed by atoms with Crippen molar-refractivity contribution in [1.82, 2.24) is 4.90 Å². The maximum absolute atomic E-state index is 6.16. The van der Waals surface area contributed by atoms with Crippen LogP contribution in [-0.2, 0) is 9.47 Å². The Labute approximate surface area is 86.3 Å². The van der Waals surface area contributed by atoms with Crippen LogP contribution in [-0.4, -0.2) is 57.0 Å². The van der Waals surface area contributed by atoms with E-state index in [1.54, 1.807) is 0 Å². The van der Waals surface area contributed by atoms with Gasteiger partial charge in [0.2, 0.25) is 0 Å². The van der Waals surface area contributed by atoms with Crippen LogP contribution in [0.4, 0.5) is 0 Å². The molecule has 4 heteroatoms. The van der Waals surface area contributed by atoms with Crippen molar-refractivity contribution in [2.24, 2.45) is 5.73 Å². The zero-order valence-electron chi connectivity index (χ0n) is 9.29. The smallest absolute Gasteiger partial charge is 0.0659 e. The molecule has 0 amide bonds. The van der Waals surface area contributed by atoms with Gasteiger partial charge in [-0.15, -0.1) is 0 Å². The van der Waals surface area contributed by atoms with Crippen LogP contribution in [0, 0.1) is 0 Å². The first-order chi connectivity index (χ1) is 6.66. The fraction of sp³-hybridized carbons (Fsp3) is 1.00. The number of hydrogen-bond acceptors (Lipinski definition) is 4. The zero-order chi connectivity index (χ0) is 10.4. The van der Waals surface area contributed by atoms with Crippen LogP contribution in [0.15, 0.2) is 0 Å². The van der Waals surface area contributed by atoms with Crippen molar-refractivity contribution in [1.29, 1.82) is 0 Å².